The fourth-order valence-corrected chi connectivity index (χ4v) is 4.16. The molecule has 1 heterocycles. The highest BCUT2D eigenvalue weighted by Gasteiger charge is 2.15. The molecule has 0 spiro atoms. The van der Waals surface area contributed by atoms with Gasteiger partial charge in [-0.1, -0.05) is 43.2 Å². The molecule has 0 bridgehead atoms. The maximum absolute atomic E-state index is 12.8. The van der Waals surface area contributed by atoms with Crippen LogP contribution in [-0.2, 0) is 6.54 Å². The fourth-order valence-electron chi connectivity index (χ4n) is 3.90. The molecule has 0 atom stereocenters. The van der Waals surface area contributed by atoms with E-state index >= 15 is 0 Å². The van der Waals surface area contributed by atoms with Crippen LogP contribution in [0.5, 0.6) is 0 Å². The standard InChI is InChI=1S/C26H34N4OS/c1-6-29(7-2)12-13-30(26(32)28-23-10-8-18(3)14-20(23)5)17-22-16-21-15-19(4)9-11-24(21)27-25(22)31/h8-11,14-16H,6-7,12-13,17H2,1-5H3,(H,27,31)(H,28,32). The number of anilines is 1. The SMILES string of the molecule is CCN(CC)CCN(Cc1cc2cc(C)ccc2[nH]c1=O)C(=S)Nc1ccc(C)cc1C. The van der Waals surface area contributed by atoms with Gasteiger partial charge in [0, 0.05) is 29.9 Å². The number of rotatable bonds is 8. The normalized spacial score (nSPS) is 11.2. The second-order valence-corrected chi connectivity index (χ2v) is 8.80. The van der Waals surface area contributed by atoms with Crippen LogP contribution in [0, 0.1) is 20.8 Å². The van der Waals surface area contributed by atoms with Gasteiger partial charge in [-0.2, -0.15) is 0 Å². The van der Waals surface area contributed by atoms with E-state index in [1.807, 2.05) is 18.2 Å². The van der Waals surface area contributed by atoms with Crippen molar-refractivity contribution < 1.29 is 0 Å². The van der Waals surface area contributed by atoms with E-state index < -0.39 is 0 Å². The number of pyridine rings is 1. The number of aryl methyl sites for hydroxylation is 3. The number of nitrogens with zero attached hydrogens (tertiary/aromatic N) is 2. The predicted molar refractivity (Wildman–Crippen MR) is 140 cm³/mol. The summed E-state index contributed by atoms with van der Waals surface area (Å²) in [5.74, 6) is 0. The molecule has 2 N–H and O–H groups in total. The van der Waals surface area contributed by atoms with E-state index in [0.717, 1.165) is 48.3 Å². The highest BCUT2D eigenvalue weighted by molar-refractivity contribution is 7.80. The third kappa shape index (κ3) is 5.96. The molecule has 5 nitrogen and oxygen atoms in total. The van der Waals surface area contributed by atoms with Crippen LogP contribution in [0.3, 0.4) is 0 Å². The molecule has 0 aliphatic carbocycles. The molecule has 0 aliphatic heterocycles. The van der Waals surface area contributed by atoms with E-state index in [4.69, 9.17) is 12.2 Å². The summed E-state index contributed by atoms with van der Waals surface area (Å²) in [5.41, 5.74) is 6.04. The molecule has 0 saturated carbocycles. The number of thiocarbonyl (C=S) groups is 1. The van der Waals surface area contributed by atoms with Crippen LogP contribution in [0.4, 0.5) is 5.69 Å². The van der Waals surface area contributed by atoms with Crippen LogP contribution in [0.25, 0.3) is 10.9 Å². The first kappa shape index (κ1) is 24.0. The third-order valence-electron chi connectivity index (χ3n) is 5.93. The molecular weight excluding hydrogens is 416 g/mol. The van der Waals surface area contributed by atoms with Crippen LogP contribution in [0.1, 0.15) is 36.1 Å². The summed E-state index contributed by atoms with van der Waals surface area (Å²) in [6, 6.07) is 14.3. The van der Waals surface area contributed by atoms with E-state index in [1.165, 1.54) is 11.1 Å². The van der Waals surface area contributed by atoms with Gasteiger partial charge in [-0.05, 0) is 81.3 Å². The Kier molecular flexibility index (Phi) is 8.04. The average Bonchev–Trinajstić information content (AvgIpc) is 2.76. The number of likely N-dealkylation sites (N-methyl/N-ethyl adjacent to an activating group) is 1. The number of fused-ring (bicyclic) bond motifs is 1. The topological polar surface area (TPSA) is 51.4 Å². The minimum atomic E-state index is -0.0662. The Morgan fingerprint density at radius 3 is 2.34 bits per heavy atom. The molecule has 0 saturated heterocycles. The van der Waals surface area contributed by atoms with Gasteiger partial charge in [-0.3, -0.25) is 4.79 Å². The molecule has 1 aromatic heterocycles. The molecule has 0 radical (unpaired) electrons. The molecule has 6 heteroatoms. The molecule has 170 valence electrons. The van der Waals surface area contributed by atoms with Gasteiger partial charge in [0.15, 0.2) is 5.11 Å². The highest BCUT2D eigenvalue weighted by atomic mass is 32.1. The zero-order valence-corrected chi connectivity index (χ0v) is 20.6. The van der Waals surface area contributed by atoms with Crippen molar-refractivity contribution in [1.82, 2.24) is 14.8 Å². The number of aromatic amines is 1. The molecular formula is C26H34N4OS. The van der Waals surface area contributed by atoms with Crippen LogP contribution in [0.15, 0.2) is 47.3 Å². The number of aromatic nitrogens is 1. The lowest BCUT2D eigenvalue weighted by Crippen LogP contribution is -2.41. The van der Waals surface area contributed by atoms with E-state index in [0.29, 0.717) is 17.2 Å². The first-order chi connectivity index (χ1) is 15.3. The van der Waals surface area contributed by atoms with Gasteiger partial charge < -0.3 is 20.1 Å². The largest absolute Gasteiger partial charge is 0.343 e. The quantitative estimate of drug-likeness (QED) is 0.473. The maximum atomic E-state index is 12.8. The van der Waals surface area contributed by atoms with Crippen molar-refractivity contribution in [2.24, 2.45) is 0 Å². The minimum absolute atomic E-state index is 0.0662. The van der Waals surface area contributed by atoms with Gasteiger partial charge in [0.25, 0.3) is 5.56 Å². The Hall–Kier alpha value is -2.70. The average molecular weight is 451 g/mol. The zero-order valence-electron chi connectivity index (χ0n) is 19.8. The van der Waals surface area contributed by atoms with Crippen LogP contribution < -0.4 is 10.9 Å². The van der Waals surface area contributed by atoms with Crippen LogP contribution >= 0.6 is 12.2 Å². The van der Waals surface area contributed by atoms with Gasteiger partial charge in [-0.25, -0.2) is 0 Å². The lowest BCUT2D eigenvalue weighted by atomic mass is 10.1. The lowest BCUT2D eigenvalue weighted by Gasteiger charge is -2.29. The number of hydrogen-bond donors (Lipinski definition) is 2. The molecule has 0 unspecified atom stereocenters. The summed E-state index contributed by atoms with van der Waals surface area (Å²) in [4.78, 5) is 20.3. The van der Waals surface area contributed by atoms with Crippen molar-refractivity contribution in [1.29, 1.82) is 0 Å². The lowest BCUT2D eigenvalue weighted by molar-refractivity contribution is 0.266. The number of hydrogen-bond acceptors (Lipinski definition) is 3. The molecule has 0 fully saturated rings. The molecule has 0 aliphatic rings. The summed E-state index contributed by atoms with van der Waals surface area (Å²) in [6.07, 6.45) is 0. The summed E-state index contributed by atoms with van der Waals surface area (Å²) < 4.78 is 0. The first-order valence-electron chi connectivity index (χ1n) is 11.3. The Balaban J connectivity index is 1.88. The summed E-state index contributed by atoms with van der Waals surface area (Å²) in [7, 11) is 0. The zero-order chi connectivity index (χ0) is 23.3. The van der Waals surface area contributed by atoms with Crippen molar-refractivity contribution in [3.05, 3.63) is 75.1 Å². The van der Waals surface area contributed by atoms with Gasteiger partial charge in [0.1, 0.15) is 0 Å². The van der Waals surface area contributed by atoms with Gasteiger partial charge in [-0.15, -0.1) is 0 Å². The Morgan fingerprint density at radius 1 is 0.969 bits per heavy atom. The second-order valence-electron chi connectivity index (χ2n) is 8.41. The third-order valence-corrected chi connectivity index (χ3v) is 6.29. The Labute approximate surface area is 196 Å². The number of nitrogens with one attached hydrogen (secondary N) is 2. The number of benzene rings is 2. The van der Waals surface area contributed by atoms with Gasteiger partial charge >= 0.3 is 0 Å². The van der Waals surface area contributed by atoms with Crippen molar-refractivity contribution in [3.8, 4) is 0 Å². The Bertz CT molecular complexity index is 1150. The highest BCUT2D eigenvalue weighted by Crippen LogP contribution is 2.18. The summed E-state index contributed by atoms with van der Waals surface area (Å²) in [6.45, 7) is 14.6. The van der Waals surface area contributed by atoms with Crippen LogP contribution in [0.2, 0.25) is 0 Å². The van der Waals surface area contributed by atoms with E-state index in [2.05, 4.69) is 79.0 Å². The summed E-state index contributed by atoms with van der Waals surface area (Å²) >= 11 is 5.82. The smallest absolute Gasteiger partial charge is 0.253 e. The van der Waals surface area contributed by atoms with E-state index in [9.17, 15) is 4.79 Å². The van der Waals surface area contributed by atoms with Crippen LogP contribution in [-0.4, -0.2) is 46.1 Å². The maximum Gasteiger partial charge on any atom is 0.253 e. The molecule has 2 aromatic carbocycles. The molecule has 3 rings (SSSR count). The Morgan fingerprint density at radius 2 is 1.66 bits per heavy atom. The van der Waals surface area contributed by atoms with E-state index in [-0.39, 0.29) is 5.56 Å². The van der Waals surface area contributed by atoms with Gasteiger partial charge in [0.05, 0.1) is 6.54 Å². The monoisotopic (exact) mass is 450 g/mol. The molecule has 32 heavy (non-hydrogen) atoms. The van der Waals surface area contributed by atoms with Crippen molar-refractivity contribution >= 4 is 33.9 Å². The fraction of sp³-hybridized carbons (Fsp3) is 0.385. The van der Waals surface area contributed by atoms with Gasteiger partial charge in [0.2, 0.25) is 0 Å². The van der Waals surface area contributed by atoms with E-state index in [1.54, 1.807) is 0 Å². The number of H-pyrrole nitrogens is 1. The first-order valence-corrected chi connectivity index (χ1v) is 11.7. The molecule has 0 amide bonds. The molecule has 3 aromatic rings. The van der Waals surface area contributed by atoms with Crippen molar-refractivity contribution in [2.75, 3.05) is 31.5 Å². The minimum Gasteiger partial charge on any atom is -0.343 e. The van der Waals surface area contributed by atoms with Crippen molar-refractivity contribution in [3.63, 3.8) is 0 Å². The van der Waals surface area contributed by atoms with Crippen molar-refractivity contribution in [2.45, 2.75) is 41.2 Å². The summed E-state index contributed by atoms with van der Waals surface area (Å²) in [5, 5.41) is 5.08. The second kappa shape index (κ2) is 10.7. The predicted octanol–water partition coefficient (Wildman–Crippen LogP) is 4.99.